The molecule has 1 nitrogen and oxygen atoms in total. The topological polar surface area (TPSA) is 9.23 Å². The first kappa shape index (κ1) is 15.1. The van der Waals surface area contributed by atoms with E-state index in [0.717, 1.165) is 36.3 Å². The third-order valence-electron chi connectivity index (χ3n) is 6.92. The smallest absolute Gasteiger partial charge is 0.100 e. The summed E-state index contributed by atoms with van der Waals surface area (Å²) >= 11 is 6.36. The average molecular weight is 321 g/mol. The van der Waals surface area contributed by atoms with Crippen LogP contribution in [0.3, 0.4) is 0 Å². The summed E-state index contributed by atoms with van der Waals surface area (Å²) in [7, 11) is 0. The summed E-state index contributed by atoms with van der Waals surface area (Å²) in [6.45, 7) is 0.929. The monoisotopic (exact) mass is 320 g/mol. The number of ether oxygens (including phenoxy) is 1. The third kappa shape index (κ3) is 2.75. The van der Waals surface area contributed by atoms with Crippen LogP contribution in [0.5, 0.6) is 0 Å². The Kier molecular flexibility index (Phi) is 4.28. The van der Waals surface area contributed by atoms with Gasteiger partial charge in [-0.05, 0) is 62.0 Å². The maximum atomic E-state index is 6.36. The van der Waals surface area contributed by atoms with Crippen molar-refractivity contribution in [3.8, 4) is 0 Å². The lowest BCUT2D eigenvalue weighted by Crippen LogP contribution is -2.36. The van der Waals surface area contributed by atoms with Gasteiger partial charge in [0.2, 0.25) is 0 Å². The highest BCUT2D eigenvalue weighted by molar-refractivity contribution is 6.29. The molecule has 0 N–H and O–H groups in total. The number of halogens is 1. The molecule has 0 amide bonds. The molecule has 3 aliphatic carbocycles. The molecule has 0 atom stereocenters. The Labute approximate surface area is 140 Å². The minimum absolute atomic E-state index is 0.402. The van der Waals surface area contributed by atoms with Gasteiger partial charge in [-0.25, -0.2) is 0 Å². The van der Waals surface area contributed by atoms with Gasteiger partial charge in [-0.1, -0.05) is 43.7 Å². The first-order chi connectivity index (χ1) is 10.8. The Morgan fingerprint density at radius 2 is 1.64 bits per heavy atom. The minimum Gasteiger partial charge on any atom is -0.498 e. The Bertz CT molecular complexity index is 476. The zero-order valence-electron chi connectivity index (χ0n) is 13.7. The molecule has 122 valence electrons. The number of allylic oxidation sites excluding steroid dienone is 4. The third-order valence-corrected chi connectivity index (χ3v) is 7.22. The molecule has 4 rings (SSSR count). The van der Waals surface area contributed by atoms with Crippen LogP contribution in [-0.2, 0) is 4.74 Å². The predicted octanol–water partition coefficient (Wildman–Crippen LogP) is 6.33. The predicted molar refractivity (Wildman–Crippen MR) is 91.7 cm³/mol. The van der Waals surface area contributed by atoms with Crippen LogP contribution in [0.25, 0.3) is 0 Å². The van der Waals surface area contributed by atoms with E-state index < -0.39 is 0 Å². The van der Waals surface area contributed by atoms with Crippen molar-refractivity contribution in [3.05, 3.63) is 22.4 Å². The van der Waals surface area contributed by atoms with E-state index in [1.165, 1.54) is 75.5 Å². The van der Waals surface area contributed by atoms with Crippen molar-refractivity contribution in [1.82, 2.24) is 0 Å². The zero-order valence-corrected chi connectivity index (χ0v) is 14.5. The lowest BCUT2D eigenvalue weighted by atomic mass is 9.60. The van der Waals surface area contributed by atoms with Crippen molar-refractivity contribution in [2.24, 2.45) is 17.3 Å². The van der Waals surface area contributed by atoms with Crippen LogP contribution in [0.15, 0.2) is 22.4 Å². The first-order valence-corrected chi connectivity index (χ1v) is 9.87. The van der Waals surface area contributed by atoms with Gasteiger partial charge in [0.1, 0.15) is 5.76 Å². The summed E-state index contributed by atoms with van der Waals surface area (Å²) in [6, 6.07) is 0. The van der Waals surface area contributed by atoms with Gasteiger partial charge in [0, 0.05) is 16.9 Å². The molecule has 4 aliphatic rings. The zero-order chi connectivity index (χ0) is 15.0. The van der Waals surface area contributed by atoms with Gasteiger partial charge in [0.25, 0.3) is 0 Å². The average Bonchev–Trinajstić information content (AvgIpc) is 2.57. The maximum absolute atomic E-state index is 6.36. The van der Waals surface area contributed by atoms with Gasteiger partial charge in [0.15, 0.2) is 0 Å². The van der Waals surface area contributed by atoms with E-state index in [4.69, 9.17) is 16.3 Å². The highest BCUT2D eigenvalue weighted by Crippen LogP contribution is 2.54. The number of rotatable bonds is 1. The Balaban J connectivity index is 1.49. The molecule has 0 aromatic carbocycles. The van der Waals surface area contributed by atoms with Crippen LogP contribution in [0.4, 0.5) is 0 Å². The molecule has 0 saturated heterocycles. The van der Waals surface area contributed by atoms with Crippen LogP contribution in [0, 0.1) is 17.3 Å². The molecule has 1 heterocycles. The van der Waals surface area contributed by atoms with Crippen molar-refractivity contribution in [2.75, 3.05) is 6.61 Å². The van der Waals surface area contributed by atoms with Gasteiger partial charge in [0.05, 0.1) is 6.61 Å². The molecule has 1 aliphatic heterocycles. The van der Waals surface area contributed by atoms with E-state index in [1.807, 2.05) is 0 Å². The molecule has 2 fully saturated rings. The van der Waals surface area contributed by atoms with Gasteiger partial charge in [-0.15, -0.1) is 0 Å². The summed E-state index contributed by atoms with van der Waals surface area (Å²) in [5, 5.41) is 1.04. The first-order valence-electron chi connectivity index (χ1n) is 9.49. The summed E-state index contributed by atoms with van der Waals surface area (Å²) < 4.78 is 5.98. The van der Waals surface area contributed by atoms with Crippen LogP contribution in [0.1, 0.15) is 77.0 Å². The van der Waals surface area contributed by atoms with Gasteiger partial charge in [-0.2, -0.15) is 0 Å². The summed E-state index contributed by atoms with van der Waals surface area (Å²) in [6.07, 6.45) is 18.5. The van der Waals surface area contributed by atoms with Gasteiger partial charge in [-0.3, -0.25) is 0 Å². The quantitative estimate of drug-likeness (QED) is 0.548. The molecule has 0 radical (unpaired) electrons. The van der Waals surface area contributed by atoms with Crippen LogP contribution < -0.4 is 0 Å². The number of fused-ring (bicyclic) bond motifs is 1. The molecular formula is C20H29ClO. The standard InChI is InChI=1S/C20H29ClO/c21-17-6-7-19-18(14-17)20(12-13-22-19)10-8-16(9-11-20)15-4-2-1-3-5-15/h14-16H,1-13H2. The fraction of sp³-hybridized carbons (Fsp3) is 0.800. The molecule has 1 spiro atoms. The second-order valence-corrected chi connectivity index (χ2v) is 8.53. The molecule has 0 unspecified atom stereocenters. The minimum atomic E-state index is 0.402. The Morgan fingerprint density at radius 3 is 2.41 bits per heavy atom. The molecule has 2 saturated carbocycles. The van der Waals surface area contributed by atoms with Crippen molar-refractivity contribution in [3.63, 3.8) is 0 Å². The Morgan fingerprint density at radius 1 is 0.909 bits per heavy atom. The molecule has 2 heteroatoms. The van der Waals surface area contributed by atoms with Crippen LogP contribution >= 0.6 is 11.6 Å². The van der Waals surface area contributed by atoms with Crippen molar-refractivity contribution >= 4 is 11.6 Å². The fourth-order valence-electron chi connectivity index (χ4n) is 5.57. The van der Waals surface area contributed by atoms with Crippen molar-refractivity contribution in [1.29, 1.82) is 0 Å². The second-order valence-electron chi connectivity index (χ2n) is 8.04. The lowest BCUT2D eigenvalue weighted by molar-refractivity contribution is 0.0617. The highest BCUT2D eigenvalue weighted by atomic mass is 35.5. The molecule has 22 heavy (non-hydrogen) atoms. The van der Waals surface area contributed by atoms with E-state index in [-0.39, 0.29) is 0 Å². The fourth-order valence-corrected chi connectivity index (χ4v) is 5.77. The lowest BCUT2D eigenvalue weighted by Gasteiger charge is -2.47. The van der Waals surface area contributed by atoms with E-state index in [0.29, 0.717) is 5.41 Å². The summed E-state index contributed by atoms with van der Waals surface area (Å²) in [4.78, 5) is 0. The molecular weight excluding hydrogens is 292 g/mol. The molecule has 0 bridgehead atoms. The number of hydrogen-bond donors (Lipinski definition) is 0. The maximum Gasteiger partial charge on any atom is 0.100 e. The van der Waals surface area contributed by atoms with E-state index in [1.54, 1.807) is 0 Å². The van der Waals surface area contributed by atoms with Crippen LogP contribution in [-0.4, -0.2) is 6.61 Å². The van der Waals surface area contributed by atoms with Gasteiger partial charge >= 0.3 is 0 Å². The van der Waals surface area contributed by atoms with Crippen LogP contribution in [0.2, 0.25) is 0 Å². The summed E-state index contributed by atoms with van der Waals surface area (Å²) in [5.41, 5.74) is 1.89. The van der Waals surface area contributed by atoms with Crippen molar-refractivity contribution < 1.29 is 4.74 Å². The van der Waals surface area contributed by atoms with E-state index in [9.17, 15) is 0 Å². The van der Waals surface area contributed by atoms with E-state index >= 15 is 0 Å². The largest absolute Gasteiger partial charge is 0.498 e. The Hall–Kier alpha value is -0.430. The van der Waals surface area contributed by atoms with Crippen molar-refractivity contribution in [2.45, 2.75) is 77.0 Å². The molecule has 0 aromatic rings. The van der Waals surface area contributed by atoms with E-state index in [2.05, 4.69) is 6.08 Å². The second kappa shape index (κ2) is 6.23. The summed E-state index contributed by atoms with van der Waals surface area (Å²) in [5.74, 6) is 3.30. The number of hydrogen-bond acceptors (Lipinski definition) is 1. The highest BCUT2D eigenvalue weighted by Gasteiger charge is 2.43. The van der Waals surface area contributed by atoms with Gasteiger partial charge < -0.3 is 4.74 Å². The normalized spacial score (nSPS) is 36.8. The molecule has 0 aromatic heterocycles. The SMILES string of the molecule is ClC1=CC2=C(CC1)OCCC21CCC(C2CCCCC2)CC1.